The molecule has 0 aliphatic heterocycles. The minimum Gasteiger partial charge on any atom is -0.481 e. The smallest absolute Gasteiger partial charge is 0.307 e. The van der Waals surface area contributed by atoms with Crippen LogP contribution in [0.25, 0.3) is 22.2 Å². The Bertz CT molecular complexity index is 822. The van der Waals surface area contributed by atoms with Gasteiger partial charge in [-0.3, -0.25) is 4.79 Å². The maximum absolute atomic E-state index is 11.2. The van der Waals surface area contributed by atoms with Gasteiger partial charge in [0.05, 0.1) is 22.7 Å². The van der Waals surface area contributed by atoms with E-state index in [9.17, 15) is 4.79 Å². The molecule has 5 heteroatoms. The number of aromatic nitrogens is 1. The van der Waals surface area contributed by atoms with Crippen molar-refractivity contribution in [2.24, 2.45) is 0 Å². The molecule has 0 radical (unpaired) electrons. The lowest BCUT2D eigenvalue weighted by Crippen LogP contribution is -2.00. The summed E-state index contributed by atoms with van der Waals surface area (Å²) in [6, 6.07) is 12.7. The second-order valence-corrected chi connectivity index (χ2v) is 5.56. The molecule has 1 aromatic heterocycles. The zero-order valence-corrected chi connectivity index (χ0v) is 12.4. The summed E-state index contributed by atoms with van der Waals surface area (Å²) >= 11 is 12.1. The van der Waals surface area contributed by atoms with Crippen LogP contribution in [0.15, 0.2) is 42.5 Å². The number of para-hydroxylation sites is 1. The van der Waals surface area contributed by atoms with E-state index in [2.05, 4.69) is 4.98 Å². The molecule has 0 aliphatic carbocycles. The molecule has 3 rings (SSSR count). The van der Waals surface area contributed by atoms with Crippen LogP contribution in [-0.4, -0.2) is 16.1 Å². The van der Waals surface area contributed by atoms with Crippen LogP contribution < -0.4 is 0 Å². The van der Waals surface area contributed by atoms with E-state index in [0.29, 0.717) is 10.0 Å². The van der Waals surface area contributed by atoms with Gasteiger partial charge in [0.1, 0.15) is 0 Å². The largest absolute Gasteiger partial charge is 0.481 e. The third-order valence-electron chi connectivity index (χ3n) is 3.35. The number of carboxylic acid groups (broad SMARTS) is 1. The molecule has 0 fully saturated rings. The lowest BCUT2D eigenvalue weighted by Gasteiger charge is -2.03. The van der Waals surface area contributed by atoms with Crippen LogP contribution >= 0.6 is 23.2 Å². The number of benzene rings is 2. The van der Waals surface area contributed by atoms with E-state index in [-0.39, 0.29) is 6.42 Å². The van der Waals surface area contributed by atoms with Crippen molar-refractivity contribution in [1.29, 1.82) is 0 Å². The number of H-pyrrole nitrogens is 1. The zero-order chi connectivity index (χ0) is 15.0. The lowest BCUT2D eigenvalue weighted by atomic mass is 10.0. The standard InChI is InChI=1S/C16H11Cl2NO2/c17-10-6-4-9(5-7-10)15-12(8-14(20)21)11-2-1-3-13(18)16(11)19-15/h1-7,19H,8H2,(H,20,21). The molecule has 106 valence electrons. The summed E-state index contributed by atoms with van der Waals surface area (Å²) in [6.07, 6.45) is -0.0711. The van der Waals surface area contributed by atoms with Gasteiger partial charge in [-0.25, -0.2) is 0 Å². The Balaban J connectivity index is 2.27. The lowest BCUT2D eigenvalue weighted by molar-refractivity contribution is -0.136. The van der Waals surface area contributed by atoms with E-state index in [1.165, 1.54) is 0 Å². The van der Waals surface area contributed by atoms with Crippen molar-refractivity contribution in [3.8, 4) is 11.3 Å². The zero-order valence-electron chi connectivity index (χ0n) is 10.9. The van der Waals surface area contributed by atoms with Gasteiger partial charge in [0, 0.05) is 10.4 Å². The van der Waals surface area contributed by atoms with E-state index in [1.54, 1.807) is 18.2 Å². The first kappa shape index (κ1) is 14.0. The quantitative estimate of drug-likeness (QED) is 0.730. The average Bonchev–Trinajstić information content (AvgIpc) is 2.80. The number of halogens is 2. The van der Waals surface area contributed by atoms with E-state index < -0.39 is 5.97 Å². The van der Waals surface area contributed by atoms with Crippen LogP contribution in [0, 0.1) is 0 Å². The number of rotatable bonds is 3. The highest BCUT2D eigenvalue weighted by molar-refractivity contribution is 6.35. The molecule has 2 aromatic carbocycles. The molecule has 0 saturated carbocycles. The van der Waals surface area contributed by atoms with Gasteiger partial charge in [0.15, 0.2) is 0 Å². The van der Waals surface area contributed by atoms with Crippen LogP contribution in [0.5, 0.6) is 0 Å². The number of fused-ring (bicyclic) bond motifs is 1. The van der Waals surface area contributed by atoms with Crippen LogP contribution in [-0.2, 0) is 11.2 Å². The first-order valence-electron chi connectivity index (χ1n) is 6.33. The summed E-state index contributed by atoms with van der Waals surface area (Å²) in [5, 5.41) is 11.2. The van der Waals surface area contributed by atoms with Crippen molar-refractivity contribution in [3.63, 3.8) is 0 Å². The summed E-state index contributed by atoms with van der Waals surface area (Å²) < 4.78 is 0. The number of aliphatic carboxylic acids is 1. The Morgan fingerprint density at radius 2 is 1.81 bits per heavy atom. The fourth-order valence-corrected chi connectivity index (χ4v) is 2.78. The minimum absolute atomic E-state index is 0.0711. The number of nitrogens with one attached hydrogen (secondary N) is 1. The molecule has 0 aliphatic rings. The Kier molecular flexibility index (Phi) is 3.62. The third-order valence-corrected chi connectivity index (χ3v) is 3.92. The van der Waals surface area contributed by atoms with E-state index in [4.69, 9.17) is 28.3 Å². The van der Waals surface area contributed by atoms with Crippen molar-refractivity contribution in [1.82, 2.24) is 4.98 Å². The Labute approximate surface area is 131 Å². The predicted octanol–water partition coefficient (Wildman–Crippen LogP) is 4.77. The van der Waals surface area contributed by atoms with E-state index in [1.807, 2.05) is 24.3 Å². The van der Waals surface area contributed by atoms with Gasteiger partial charge in [-0.1, -0.05) is 47.5 Å². The van der Waals surface area contributed by atoms with Gasteiger partial charge in [-0.2, -0.15) is 0 Å². The van der Waals surface area contributed by atoms with Gasteiger partial charge in [0.2, 0.25) is 0 Å². The molecule has 0 saturated heterocycles. The summed E-state index contributed by atoms with van der Waals surface area (Å²) in [6.45, 7) is 0. The second-order valence-electron chi connectivity index (χ2n) is 4.72. The van der Waals surface area contributed by atoms with E-state index in [0.717, 1.165) is 27.7 Å². The average molecular weight is 320 g/mol. The first-order chi connectivity index (χ1) is 10.1. The topological polar surface area (TPSA) is 53.1 Å². The van der Waals surface area contributed by atoms with Crippen LogP contribution in [0.1, 0.15) is 5.56 Å². The Morgan fingerprint density at radius 3 is 2.48 bits per heavy atom. The second kappa shape index (κ2) is 5.43. The van der Waals surface area contributed by atoms with E-state index >= 15 is 0 Å². The van der Waals surface area contributed by atoms with Gasteiger partial charge >= 0.3 is 5.97 Å². The fourth-order valence-electron chi connectivity index (χ4n) is 2.44. The summed E-state index contributed by atoms with van der Waals surface area (Å²) in [5.74, 6) is -0.883. The van der Waals surface area contributed by atoms with Crippen LogP contribution in [0.3, 0.4) is 0 Å². The molecular formula is C16H11Cl2NO2. The Hall–Kier alpha value is -1.97. The number of hydrogen-bond donors (Lipinski definition) is 2. The molecular weight excluding hydrogens is 309 g/mol. The van der Waals surface area contributed by atoms with Crippen molar-refractivity contribution < 1.29 is 9.90 Å². The molecule has 3 aromatic rings. The number of hydrogen-bond acceptors (Lipinski definition) is 1. The highest BCUT2D eigenvalue weighted by Gasteiger charge is 2.17. The van der Waals surface area contributed by atoms with Crippen LogP contribution in [0.4, 0.5) is 0 Å². The molecule has 2 N–H and O–H groups in total. The van der Waals surface area contributed by atoms with Crippen molar-refractivity contribution in [2.75, 3.05) is 0 Å². The first-order valence-corrected chi connectivity index (χ1v) is 7.08. The highest BCUT2D eigenvalue weighted by Crippen LogP contribution is 2.34. The number of aromatic amines is 1. The Morgan fingerprint density at radius 1 is 1.10 bits per heavy atom. The SMILES string of the molecule is O=C(O)Cc1c(-c2ccc(Cl)cc2)[nH]c2c(Cl)cccc12. The van der Waals surface area contributed by atoms with Gasteiger partial charge in [0.25, 0.3) is 0 Å². The summed E-state index contributed by atoms with van der Waals surface area (Å²) in [4.78, 5) is 14.4. The maximum atomic E-state index is 11.2. The third kappa shape index (κ3) is 2.62. The molecule has 0 bridgehead atoms. The molecule has 3 nitrogen and oxygen atoms in total. The van der Waals surface area contributed by atoms with Crippen molar-refractivity contribution in [2.45, 2.75) is 6.42 Å². The molecule has 0 atom stereocenters. The number of carbonyl (C=O) groups is 1. The molecule has 0 spiro atoms. The van der Waals surface area contributed by atoms with Gasteiger partial charge < -0.3 is 10.1 Å². The highest BCUT2D eigenvalue weighted by atomic mass is 35.5. The summed E-state index contributed by atoms with van der Waals surface area (Å²) in [5.41, 5.74) is 3.11. The monoisotopic (exact) mass is 319 g/mol. The van der Waals surface area contributed by atoms with Gasteiger partial charge in [-0.05, 0) is 29.3 Å². The molecule has 21 heavy (non-hydrogen) atoms. The number of carboxylic acids is 1. The molecule has 1 heterocycles. The van der Waals surface area contributed by atoms with Crippen LogP contribution in [0.2, 0.25) is 10.0 Å². The minimum atomic E-state index is -0.883. The normalized spacial score (nSPS) is 11.0. The van der Waals surface area contributed by atoms with Gasteiger partial charge in [-0.15, -0.1) is 0 Å². The maximum Gasteiger partial charge on any atom is 0.307 e. The molecule has 0 amide bonds. The summed E-state index contributed by atoms with van der Waals surface area (Å²) in [7, 11) is 0. The fraction of sp³-hybridized carbons (Fsp3) is 0.0625. The van der Waals surface area contributed by atoms with Crippen molar-refractivity contribution >= 4 is 40.1 Å². The molecule has 0 unspecified atom stereocenters. The predicted molar refractivity (Wildman–Crippen MR) is 85.1 cm³/mol. The van der Waals surface area contributed by atoms with Crippen molar-refractivity contribution in [3.05, 3.63) is 58.1 Å².